The summed E-state index contributed by atoms with van der Waals surface area (Å²) >= 11 is 0. The van der Waals surface area contributed by atoms with Crippen molar-refractivity contribution < 1.29 is 8.78 Å². The topological polar surface area (TPSA) is 73.5 Å². The number of benzene rings is 1. The summed E-state index contributed by atoms with van der Waals surface area (Å²) in [7, 11) is 0. The van der Waals surface area contributed by atoms with Crippen molar-refractivity contribution in [2.45, 2.75) is 18.9 Å². The molecule has 1 aliphatic rings. The lowest BCUT2D eigenvalue weighted by Gasteiger charge is -2.15. The molecule has 32 heavy (non-hydrogen) atoms. The summed E-state index contributed by atoms with van der Waals surface area (Å²) in [4.78, 5) is 13.8. The van der Waals surface area contributed by atoms with Gasteiger partial charge < -0.3 is 4.98 Å². The third-order valence-electron chi connectivity index (χ3n) is 5.99. The summed E-state index contributed by atoms with van der Waals surface area (Å²) in [5.41, 5.74) is 6.33. The second-order valence-corrected chi connectivity index (χ2v) is 8.36. The van der Waals surface area contributed by atoms with E-state index in [1.165, 1.54) is 0 Å². The Morgan fingerprint density at radius 1 is 1.06 bits per heavy atom. The summed E-state index contributed by atoms with van der Waals surface area (Å²) in [6.07, 6.45) is 5.23. The van der Waals surface area contributed by atoms with Crippen LogP contribution in [0.4, 0.5) is 8.78 Å². The van der Waals surface area contributed by atoms with Crippen LogP contribution in [0.1, 0.15) is 12.0 Å². The van der Waals surface area contributed by atoms with Gasteiger partial charge in [0.05, 0.1) is 17.8 Å². The minimum absolute atomic E-state index is 0.0800. The zero-order valence-electron chi connectivity index (χ0n) is 17.1. The molecular formula is C24H20F2N6. The number of H-pyrrole nitrogens is 2. The number of aromatic amines is 2. The number of alkyl halides is 2. The van der Waals surface area contributed by atoms with E-state index < -0.39 is 5.92 Å². The molecule has 0 unspecified atom stereocenters. The number of hydrogen-bond acceptors (Lipinski definition) is 4. The van der Waals surface area contributed by atoms with E-state index in [9.17, 15) is 8.78 Å². The Morgan fingerprint density at radius 2 is 2.00 bits per heavy atom. The highest BCUT2D eigenvalue weighted by atomic mass is 19.3. The van der Waals surface area contributed by atoms with Gasteiger partial charge >= 0.3 is 0 Å². The second-order valence-electron chi connectivity index (χ2n) is 8.36. The third kappa shape index (κ3) is 3.42. The summed E-state index contributed by atoms with van der Waals surface area (Å²) in [6.45, 7) is 0.680. The van der Waals surface area contributed by atoms with Crippen LogP contribution in [0.25, 0.3) is 44.5 Å². The molecule has 0 radical (unpaired) electrons. The molecule has 0 bridgehead atoms. The van der Waals surface area contributed by atoms with Crippen LogP contribution < -0.4 is 0 Å². The molecule has 1 fully saturated rings. The van der Waals surface area contributed by atoms with E-state index in [0.29, 0.717) is 13.1 Å². The van der Waals surface area contributed by atoms with Crippen molar-refractivity contribution in [1.29, 1.82) is 0 Å². The fraction of sp³-hybridized carbons (Fsp3) is 0.208. The molecule has 8 heteroatoms. The molecule has 0 amide bonds. The Bertz CT molecular complexity index is 1400. The summed E-state index contributed by atoms with van der Waals surface area (Å²) in [5, 5.41) is 9.62. The molecule has 1 saturated heterocycles. The molecule has 1 aromatic carbocycles. The van der Waals surface area contributed by atoms with Crippen molar-refractivity contribution in [3.05, 3.63) is 66.6 Å². The van der Waals surface area contributed by atoms with Crippen LogP contribution in [0.5, 0.6) is 0 Å². The van der Waals surface area contributed by atoms with Gasteiger partial charge in [0.25, 0.3) is 5.92 Å². The number of halogens is 2. The van der Waals surface area contributed by atoms with Gasteiger partial charge in [-0.3, -0.25) is 15.0 Å². The number of nitrogens with one attached hydrogen (secondary N) is 2. The number of rotatable bonds is 4. The fourth-order valence-electron chi connectivity index (χ4n) is 4.42. The number of hydrogen-bond donors (Lipinski definition) is 2. The van der Waals surface area contributed by atoms with Gasteiger partial charge in [0, 0.05) is 54.4 Å². The van der Waals surface area contributed by atoms with Gasteiger partial charge in [0.2, 0.25) is 0 Å². The molecule has 0 aliphatic carbocycles. The molecule has 4 aromatic heterocycles. The zero-order valence-corrected chi connectivity index (χ0v) is 17.1. The van der Waals surface area contributed by atoms with E-state index in [2.05, 4.69) is 31.2 Å². The molecule has 6 nitrogen and oxygen atoms in total. The van der Waals surface area contributed by atoms with Gasteiger partial charge in [-0.25, -0.2) is 13.8 Å². The molecule has 0 saturated carbocycles. The van der Waals surface area contributed by atoms with Crippen LogP contribution in [0.3, 0.4) is 0 Å². The number of fused-ring (bicyclic) bond motifs is 2. The average molecular weight is 430 g/mol. The zero-order chi connectivity index (χ0) is 21.7. The summed E-state index contributed by atoms with van der Waals surface area (Å²) < 4.78 is 27.1. The van der Waals surface area contributed by atoms with E-state index in [0.717, 1.165) is 50.0 Å². The number of likely N-dealkylation sites (tertiary alicyclic amines) is 1. The lowest BCUT2D eigenvalue weighted by Crippen LogP contribution is -2.24. The third-order valence-corrected chi connectivity index (χ3v) is 5.99. The fourth-order valence-corrected chi connectivity index (χ4v) is 4.42. The van der Waals surface area contributed by atoms with Crippen LogP contribution in [-0.4, -0.2) is 49.1 Å². The Morgan fingerprint density at radius 3 is 2.84 bits per heavy atom. The molecule has 0 atom stereocenters. The van der Waals surface area contributed by atoms with Gasteiger partial charge in [-0.15, -0.1) is 0 Å². The highest BCUT2D eigenvalue weighted by molar-refractivity contribution is 5.97. The smallest absolute Gasteiger partial charge is 0.261 e. The SMILES string of the molecule is FC1(F)CCN(Cc2cncc(-c3ccc4[nH]nc(-c5cc6cccnc6[nH]5)c4c3)c2)C1. The number of nitrogens with zero attached hydrogens (tertiary/aromatic N) is 4. The quantitative estimate of drug-likeness (QED) is 0.420. The van der Waals surface area contributed by atoms with Gasteiger partial charge in [-0.2, -0.15) is 5.10 Å². The van der Waals surface area contributed by atoms with Gasteiger partial charge in [0.15, 0.2) is 0 Å². The van der Waals surface area contributed by atoms with Gasteiger partial charge in [0.1, 0.15) is 11.3 Å². The molecule has 0 spiro atoms. The number of pyridine rings is 2. The van der Waals surface area contributed by atoms with E-state index in [1.54, 1.807) is 23.5 Å². The summed E-state index contributed by atoms with van der Waals surface area (Å²) in [5.74, 6) is -2.59. The first-order valence-electron chi connectivity index (χ1n) is 10.5. The van der Waals surface area contributed by atoms with Crippen molar-refractivity contribution in [2.75, 3.05) is 13.1 Å². The van der Waals surface area contributed by atoms with Crippen molar-refractivity contribution in [3.63, 3.8) is 0 Å². The maximum Gasteiger partial charge on any atom is 0.261 e. The van der Waals surface area contributed by atoms with Crippen molar-refractivity contribution in [2.24, 2.45) is 0 Å². The first-order valence-corrected chi connectivity index (χ1v) is 10.5. The maximum atomic E-state index is 13.5. The minimum Gasteiger partial charge on any atom is -0.338 e. The van der Waals surface area contributed by atoms with Crippen molar-refractivity contribution in [1.82, 2.24) is 30.0 Å². The highest BCUT2D eigenvalue weighted by Gasteiger charge is 2.37. The minimum atomic E-state index is -2.59. The number of aromatic nitrogens is 5. The molecule has 5 heterocycles. The van der Waals surface area contributed by atoms with E-state index in [4.69, 9.17) is 0 Å². The first kappa shape index (κ1) is 19.1. The van der Waals surface area contributed by atoms with E-state index in [-0.39, 0.29) is 13.0 Å². The molecule has 6 rings (SSSR count). The lowest BCUT2D eigenvalue weighted by molar-refractivity contribution is 0.0115. The van der Waals surface area contributed by atoms with Gasteiger partial charge in [-0.1, -0.05) is 6.07 Å². The van der Waals surface area contributed by atoms with Crippen LogP contribution in [0.15, 0.2) is 61.1 Å². The Kier molecular flexibility index (Phi) is 4.29. The monoisotopic (exact) mass is 430 g/mol. The van der Waals surface area contributed by atoms with Gasteiger partial charge in [-0.05, 0) is 47.5 Å². The highest BCUT2D eigenvalue weighted by Crippen LogP contribution is 2.32. The van der Waals surface area contributed by atoms with E-state index >= 15 is 0 Å². The Labute approximate surface area is 182 Å². The molecule has 1 aliphatic heterocycles. The molecular weight excluding hydrogens is 410 g/mol. The van der Waals surface area contributed by atoms with Crippen LogP contribution >= 0.6 is 0 Å². The van der Waals surface area contributed by atoms with Crippen LogP contribution in [-0.2, 0) is 6.54 Å². The lowest BCUT2D eigenvalue weighted by atomic mass is 10.0. The molecule has 5 aromatic rings. The van der Waals surface area contributed by atoms with Crippen LogP contribution in [0, 0.1) is 0 Å². The maximum absolute atomic E-state index is 13.5. The largest absolute Gasteiger partial charge is 0.338 e. The first-order chi connectivity index (χ1) is 15.5. The predicted octanol–water partition coefficient (Wildman–Crippen LogP) is 5.01. The normalized spacial score (nSPS) is 16.3. The average Bonchev–Trinajstić information content (AvgIpc) is 3.49. The standard InChI is InChI=1S/C24H20F2N6/c25-24(26)5-7-32(14-24)13-15-8-18(12-27-11-15)16-3-4-20-19(9-16)22(31-30-20)21-10-17-2-1-6-28-23(17)29-21/h1-4,6,8-12H,5,7,13-14H2,(H,28,29)(H,30,31). The van der Waals surface area contributed by atoms with Crippen molar-refractivity contribution in [3.8, 4) is 22.5 Å². The van der Waals surface area contributed by atoms with Crippen LogP contribution in [0.2, 0.25) is 0 Å². The summed E-state index contributed by atoms with van der Waals surface area (Å²) in [6, 6.07) is 14.1. The Balaban J connectivity index is 1.34. The Hall–Kier alpha value is -3.65. The molecule has 2 N–H and O–H groups in total. The predicted molar refractivity (Wildman–Crippen MR) is 119 cm³/mol. The molecule has 160 valence electrons. The van der Waals surface area contributed by atoms with E-state index in [1.807, 2.05) is 36.4 Å². The second kappa shape index (κ2) is 7.20. The van der Waals surface area contributed by atoms with Crippen molar-refractivity contribution >= 4 is 21.9 Å².